The topological polar surface area (TPSA) is 42.1 Å². The summed E-state index contributed by atoms with van der Waals surface area (Å²) in [5.74, 6) is 0.913. The van der Waals surface area contributed by atoms with Gasteiger partial charge in [-0.3, -0.25) is 4.98 Å². The fraction of sp³-hybridized carbons (Fsp3) is 0.688. The van der Waals surface area contributed by atoms with Crippen molar-refractivity contribution in [3.8, 4) is 0 Å². The molecule has 0 bridgehead atoms. The summed E-state index contributed by atoms with van der Waals surface area (Å²) >= 11 is 0. The van der Waals surface area contributed by atoms with Gasteiger partial charge in [0.25, 0.3) is 0 Å². The fourth-order valence-electron chi connectivity index (χ4n) is 3.78. The predicted octanol–water partition coefficient (Wildman–Crippen LogP) is 3.26. The van der Waals surface area contributed by atoms with E-state index in [1.54, 1.807) is 0 Å². The van der Waals surface area contributed by atoms with Crippen LogP contribution in [-0.4, -0.2) is 17.6 Å². The molecule has 3 heteroatoms. The van der Waals surface area contributed by atoms with Gasteiger partial charge in [-0.05, 0) is 50.7 Å². The average molecular weight is 259 g/mol. The maximum absolute atomic E-state index is 5.87. The summed E-state index contributed by atoms with van der Waals surface area (Å²) in [7, 11) is 0. The number of anilines is 1. The normalized spacial score (nSPS) is 28.8. The van der Waals surface area contributed by atoms with E-state index >= 15 is 0 Å². The van der Waals surface area contributed by atoms with Crippen LogP contribution >= 0.6 is 0 Å². The molecule has 104 valence electrons. The van der Waals surface area contributed by atoms with E-state index in [0.29, 0.717) is 0 Å². The minimum absolute atomic E-state index is 0.0258. The summed E-state index contributed by atoms with van der Waals surface area (Å²) in [6.45, 7) is 3.18. The Labute approximate surface area is 116 Å². The molecule has 0 amide bonds. The molecule has 1 aliphatic carbocycles. The molecule has 3 rings (SSSR count). The Hall–Kier alpha value is -1.09. The van der Waals surface area contributed by atoms with Crippen LogP contribution in [0.4, 0.5) is 5.69 Å². The number of rotatable bonds is 2. The highest BCUT2D eigenvalue weighted by atomic mass is 15.2. The molecular formula is C16H25N3. The maximum atomic E-state index is 5.87. The van der Waals surface area contributed by atoms with Gasteiger partial charge in [-0.1, -0.05) is 12.8 Å². The Morgan fingerprint density at radius 1 is 1.21 bits per heavy atom. The largest absolute Gasteiger partial charge is 0.367 e. The molecule has 2 heterocycles. The molecule has 19 heavy (non-hydrogen) atoms. The van der Waals surface area contributed by atoms with Gasteiger partial charge in [-0.2, -0.15) is 0 Å². The van der Waals surface area contributed by atoms with Gasteiger partial charge in [0.1, 0.15) is 0 Å². The van der Waals surface area contributed by atoms with E-state index in [4.69, 9.17) is 5.73 Å². The minimum Gasteiger partial charge on any atom is -0.367 e. The van der Waals surface area contributed by atoms with E-state index in [9.17, 15) is 0 Å². The van der Waals surface area contributed by atoms with Gasteiger partial charge in [0.05, 0.1) is 17.6 Å². The highest BCUT2D eigenvalue weighted by molar-refractivity contribution is 5.46. The van der Waals surface area contributed by atoms with Gasteiger partial charge in [0.2, 0.25) is 0 Å². The van der Waals surface area contributed by atoms with Crippen molar-refractivity contribution in [3.05, 3.63) is 24.0 Å². The van der Waals surface area contributed by atoms with Gasteiger partial charge in [0, 0.05) is 18.6 Å². The van der Waals surface area contributed by atoms with E-state index in [0.717, 1.165) is 17.7 Å². The van der Waals surface area contributed by atoms with Gasteiger partial charge >= 0.3 is 0 Å². The monoisotopic (exact) mass is 259 g/mol. The van der Waals surface area contributed by atoms with Crippen LogP contribution in [0, 0.1) is 5.92 Å². The molecular weight excluding hydrogens is 234 g/mol. The van der Waals surface area contributed by atoms with E-state index in [2.05, 4.69) is 22.0 Å². The number of aromatic nitrogens is 1. The van der Waals surface area contributed by atoms with Gasteiger partial charge in [-0.25, -0.2) is 0 Å². The average Bonchev–Trinajstić information content (AvgIpc) is 2.47. The van der Waals surface area contributed by atoms with Crippen molar-refractivity contribution < 1.29 is 0 Å². The molecule has 0 aromatic carbocycles. The number of pyridine rings is 1. The van der Waals surface area contributed by atoms with Crippen LogP contribution in [0.3, 0.4) is 0 Å². The smallest absolute Gasteiger partial charge is 0.0569 e. The van der Waals surface area contributed by atoms with E-state index < -0.39 is 0 Å². The maximum Gasteiger partial charge on any atom is 0.0569 e. The van der Waals surface area contributed by atoms with Crippen LogP contribution in [-0.2, 0) is 0 Å². The summed E-state index contributed by atoms with van der Waals surface area (Å²) in [6.07, 6.45) is 10.4. The van der Waals surface area contributed by atoms with Crippen molar-refractivity contribution in [2.45, 2.75) is 57.5 Å². The van der Waals surface area contributed by atoms with Crippen LogP contribution in [0.25, 0.3) is 0 Å². The standard InChI is InChI=1S/C16H25N3/c1-12(17)15-9-8-14(11-18-15)19-10-4-6-13-5-2-3-7-16(13)19/h8-9,11-13,16H,2-7,10,17H2,1H3/t12?,13-,16-/m1/s1. The molecule has 1 aromatic rings. The molecule has 3 nitrogen and oxygen atoms in total. The third-order valence-electron chi connectivity index (χ3n) is 4.81. The lowest BCUT2D eigenvalue weighted by Gasteiger charge is -2.45. The van der Waals surface area contributed by atoms with Crippen molar-refractivity contribution in [2.24, 2.45) is 11.7 Å². The van der Waals surface area contributed by atoms with Crippen molar-refractivity contribution in [3.63, 3.8) is 0 Å². The summed E-state index contributed by atoms with van der Waals surface area (Å²) in [5, 5.41) is 0. The zero-order valence-electron chi connectivity index (χ0n) is 11.9. The zero-order valence-corrected chi connectivity index (χ0v) is 11.9. The van der Waals surface area contributed by atoms with Crippen LogP contribution < -0.4 is 10.6 Å². The summed E-state index contributed by atoms with van der Waals surface area (Å²) < 4.78 is 0. The lowest BCUT2D eigenvalue weighted by atomic mass is 9.78. The highest BCUT2D eigenvalue weighted by Gasteiger charge is 2.33. The highest BCUT2D eigenvalue weighted by Crippen LogP contribution is 2.37. The van der Waals surface area contributed by atoms with Gasteiger partial charge in [-0.15, -0.1) is 0 Å². The fourth-order valence-corrected chi connectivity index (χ4v) is 3.78. The molecule has 1 aliphatic heterocycles. The van der Waals surface area contributed by atoms with E-state index in [-0.39, 0.29) is 6.04 Å². The molecule has 0 spiro atoms. The SMILES string of the molecule is CC(N)c1ccc(N2CCC[C@H]3CCCC[C@H]32)cn1. The van der Waals surface area contributed by atoms with Crippen molar-refractivity contribution in [1.82, 2.24) is 4.98 Å². The molecule has 3 atom stereocenters. The minimum atomic E-state index is 0.0258. The molecule has 0 radical (unpaired) electrons. The Morgan fingerprint density at radius 3 is 2.74 bits per heavy atom. The summed E-state index contributed by atoms with van der Waals surface area (Å²) in [5.41, 5.74) is 8.15. The second-order valence-corrected chi connectivity index (χ2v) is 6.18. The number of nitrogens with zero attached hydrogens (tertiary/aromatic N) is 2. The molecule has 2 aliphatic rings. The van der Waals surface area contributed by atoms with Crippen LogP contribution in [0.5, 0.6) is 0 Å². The van der Waals surface area contributed by atoms with E-state index in [1.165, 1.54) is 50.8 Å². The number of fused-ring (bicyclic) bond motifs is 1. The van der Waals surface area contributed by atoms with Gasteiger partial charge < -0.3 is 10.6 Å². The summed E-state index contributed by atoms with van der Waals surface area (Å²) in [4.78, 5) is 7.13. The van der Waals surface area contributed by atoms with E-state index in [1.807, 2.05) is 13.1 Å². The summed E-state index contributed by atoms with van der Waals surface area (Å²) in [6, 6.07) is 5.08. The number of nitrogens with two attached hydrogens (primary N) is 1. The van der Waals surface area contributed by atoms with Crippen molar-refractivity contribution in [1.29, 1.82) is 0 Å². The number of hydrogen-bond donors (Lipinski definition) is 1. The second-order valence-electron chi connectivity index (χ2n) is 6.18. The second kappa shape index (κ2) is 5.49. The molecule has 2 N–H and O–H groups in total. The van der Waals surface area contributed by atoms with Crippen LogP contribution in [0.2, 0.25) is 0 Å². The molecule has 1 saturated heterocycles. The Bertz CT molecular complexity index is 411. The first kappa shape index (κ1) is 12.9. The molecule has 1 saturated carbocycles. The third-order valence-corrected chi connectivity index (χ3v) is 4.81. The van der Waals surface area contributed by atoms with Crippen molar-refractivity contribution >= 4 is 5.69 Å². The van der Waals surface area contributed by atoms with Crippen molar-refractivity contribution in [2.75, 3.05) is 11.4 Å². The van der Waals surface area contributed by atoms with Gasteiger partial charge in [0.15, 0.2) is 0 Å². The Morgan fingerprint density at radius 2 is 2.00 bits per heavy atom. The van der Waals surface area contributed by atoms with Crippen LogP contribution in [0.1, 0.15) is 57.2 Å². The third kappa shape index (κ3) is 2.62. The zero-order chi connectivity index (χ0) is 13.2. The lowest BCUT2D eigenvalue weighted by molar-refractivity contribution is 0.243. The number of hydrogen-bond acceptors (Lipinski definition) is 3. The first-order valence-electron chi connectivity index (χ1n) is 7.74. The Kier molecular flexibility index (Phi) is 3.74. The number of piperidine rings is 1. The Balaban J connectivity index is 1.79. The van der Waals surface area contributed by atoms with Crippen LogP contribution in [0.15, 0.2) is 18.3 Å². The molecule has 1 unspecified atom stereocenters. The lowest BCUT2D eigenvalue weighted by Crippen LogP contribution is -2.46. The first-order chi connectivity index (χ1) is 9.25. The first-order valence-corrected chi connectivity index (χ1v) is 7.74. The molecule has 1 aromatic heterocycles. The quantitative estimate of drug-likeness (QED) is 0.886. The molecule has 2 fully saturated rings. The predicted molar refractivity (Wildman–Crippen MR) is 79.2 cm³/mol.